The van der Waals surface area contributed by atoms with Gasteiger partial charge in [-0.15, -0.1) is 0 Å². The van der Waals surface area contributed by atoms with Gasteiger partial charge in [0.1, 0.15) is 5.82 Å². The minimum absolute atomic E-state index is 0.0492. The van der Waals surface area contributed by atoms with E-state index in [-0.39, 0.29) is 22.9 Å². The van der Waals surface area contributed by atoms with Gasteiger partial charge < -0.3 is 4.74 Å². The summed E-state index contributed by atoms with van der Waals surface area (Å²) in [5.41, 5.74) is 1.73. The molecule has 0 aliphatic rings. The fourth-order valence-electron chi connectivity index (χ4n) is 1.94. The van der Waals surface area contributed by atoms with Crippen LogP contribution in [0.5, 0.6) is 0 Å². The predicted molar refractivity (Wildman–Crippen MR) is 93.5 cm³/mol. The fourth-order valence-corrected chi connectivity index (χ4v) is 1.94. The van der Waals surface area contributed by atoms with Crippen molar-refractivity contribution in [3.63, 3.8) is 0 Å². The van der Waals surface area contributed by atoms with Gasteiger partial charge in [-0.05, 0) is 42.8 Å². The summed E-state index contributed by atoms with van der Waals surface area (Å²) >= 11 is 0. The topological polar surface area (TPSA) is 26.3 Å². The molecule has 0 amide bonds. The second-order valence-corrected chi connectivity index (χ2v) is 4.91. The van der Waals surface area contributed by atoms with E-state index in [9.17, 15) is 9.18 Å². The quantitative estimate of drug-likeness (QED) is 0.464. The van der Waals surface area contributed by atoms with Crippen LogP contribution in [-0.2, 0) is 9.53 Å². The number of allylic oxidation sites excluding steroid dienone is 1. The van der Waals surface area contributed by atoms with E-state index in [0.29, 0.717) is 12.2 Å². The molecule has 0 N–H and O–H groups in total. The summed E-state index contributed by atoms with van der Waals surface area (Å²) in [5.74, 6) is 5.06. The number of Topliss-reactive ketones (excluding diaryl/α,β-unsaturated/α-hetero) is 1. The summed E-state index contributed by atoms with van der Waals surface area (Å²) in [4.78, 5) is 12.5. The number of halogens is 1. The van der Waals surface area contributed by atoms with Gasteiger partial charge in [-0.3, -0.25) is 4.79 Å². The van der Waals surface area contributed by atoms with E-state index in [1.807, 2.05) is 30.3 Å². The highest BCUT2D eigenvalue weighted by Crippen LogP contribution is 2.12. The van der Waals surface area contributed by atoms with Crippen molar-refractivity contribution in [3.05, 3.63) is 89.5 Å². The van der Waals surface area contributed by atoms with Gasteiger partial charge in [0, 0.05) is 5.56 Å². The van der Waals surface area contributed by atoms with Crippen molar-refractivity contribution in [3.8, 4) is 11.8 Å². The van der Waals surface area contributed by atoms with Crippen LogP contribution < -0.4 is 0 Å². The Morgan fingerprint density at radius 3 is 2.46 bits per heavy atom. The van der Waals surface area contributed by atoms with E-state index in [1.54, 1.807) is 25.1 Å². The molecule has 2 rings (SSSR count). The Kier molecular flexibility index (Phi) is 6.10. The first-order valence-corrected chi connectivity index (χ1v) is 7.51. The molecule has 2 nitrogen and oxygen atoms in total. The van der Waals surface area contributed by atoms with Crippen molar-refractivity contribution in [2.45, 2.75) is 6.92 Å². The molecule has 0 heterocycles. The molecule has 0 fully saturated rings. The van der Waals surface area contributed by atoms with Crippen LogP contribution >= 0.6 is 0 Å². The van der Waals surface area contributed by atoms with Crippen molar-refractivity contribution >= 4 is 11.9 Å². The summed E-state index contributed by atoms with van der Waals surface area (Å²) in [6.45, 7) is 5.78. The van der Waals surface area contributed by atoms with Gasteiger partial charge >= 0.3 is 0 Å². The summed E-state index contributed by atoms with van der Waals surface area (Å²) in [5, 5.41) is 0. The monoisotopic (exact) mass is 320 g/mol. The first-order chi connectivity index (χ1) is 11.6. The third-order valence-corrected chi connectivity index (χ3v) is 3.11. The SMILES string of the molecule is C=C(OCC)C(=O)/C(C#Cc1ccc(F)cc1)=C/c1ccccc1. The van der Waals surface area contributed by atoms with Crippen molar-refractivity contribution in [1.82, 2.24) is 0 Å². The zero-order valence-electron chi connectivity index (χ0n) is 13.4. The van der Waals surface area contributed by atoms with E-state index >= 15 is 0 Å². The Morgan fingerprint density at radius 1 is 1.17 bits per heavy atom. The van der Waals surface area contributed by atoms with Crippen LogP contribution in [0.2, 0.25) is 0 Å². The molecular formula is C21H17FO2. The number of carbonyl (C=O) groups excluding carboxylic acids is 1. The number of hydrogen-bond acceptors (Lipinski definition) is 2. The lowest BCUT2D eigenvalue weighted by atomic mass is 10.1. The minimum Gasteiger partial charge on any atom is -0.490 e. The lowest BCUT2D eigenvalue weighted by Crippen LogP contribution is -2.07. The highest BCUT2D eigenvalue weighted by molar-refractivity contribution is 6.12. The van der Waals surface area contributed by atoms with Crippen LogP contribution in [0, 0.1) is 17.7 Å². The smallest absolute Gasteiger partial charge is 0.235 e. The molecule has 0 unspecified atom stereocenters. The number of benzene rings is 2. The Balaban J connectivity index is 2.36. The fraction of sp³-hybridized carbons (Fsp3) is 0.0952. The first kappa shape index (κ1) is 17.2. The van der Waals surface area contributed by atoms with E-state index in [4.69, 9.17) is 4.74 Å². The number of hydrogen-bond donors (Lipinski definition) is 0. The van der Waals surface area contributed by atoms with Gasteiger partial charge in [0.2, 0.25) is 5.78 Å². The molecule has 0 aromatic heterocycles. The van der Waals surface area contributed by atoms with Gasteiger partial charge in [0.25, 0.3) is 0 Å². The van der Waals surface area contributed by atoms with Crippen molar-refractivity contribution in [2.24, 2.45) is 0 Å². The number of ketones is 1. The predicted octanol–water partition coefficient (Wildman–Crippen LogP) is 4.38. The molecular weight excluding hydrogens is 303 g/mol. The Morgan fingerprint density at radius 2 is 1.83 bits per heavy atom. The zero-order valence-corrected chi connectivity index (χ0v) is 13.4. The Bertz CT molecular complexity index is 806. The third-order valence-electron chi connectivity index (χ3n) is 3.11. The van der Waals surface area contributed by atoms with Crippen molar-refractivity contribution < 1.29 is 13.9 Å². The molecule has 2 aromatic carbocycles. The third kappa shape index (κ3) is 4.96. The molecule has 0 saturated heterocycles. The molecule has 0 bridgehead atoms. The largest absolute Gasteiger partial charge is 0.490 e. The number of carbonyl (C=O) groups is 1. The normalized spacial score (nSPS) is 10.5. The van der Waals surface area contributed by atoms with Crippen molar-refractivity contribution in [1.29, 1.82) is 0 Å². The average Bonchev–Trinajstić information content (AvgIpc) is 2.60. The van der Waals surface area contributed by atoms with Gasteiger partial charge in [-0.2, -0.15) is 0 Å². The average molecular weight is 320 g/mol. The lowest BCUT2D eigenvalue weighted by Gasteiger charge is -2.05. The van der Waals surface area contributed by atoms with E-state index in [2.05, 4.69) is 18.4 Å². The summed E-state index contributed by atoms with van der Waals surface area (Å²) in [6.07, 6.45) is 1.68. The van der Waals surface area contributed by atoms with Gasteiger partial charge in [-0.1, -0.05) is 48.8 Å². The van der Waals surface area contributed by atoms with E-state index in [1.165, 1.54) is 12.1 Å². The maximum atomic E-state index is 13.0. The van der Waals surface area contributed by atoms with Crippen LogP contribution in [0.15, 0.2) is 72.5 Å². The van der Waals surface area contributed by atoms with Gasteiger partial charge in [-0.25, -0.2) is 4.39 Å². The van der Waals surface area contributed by atoms with E-state index in [0.717, 1.165) is 5.56 Å². The van der Waals surface area contributed by atoms with Gasteiger partial charge in [0.05, 0.1) is 12.2 Å². The molecule has 0 radical (unpaired) electrons. The maximum absolute atomic E-state index is 13.0. The van der Waals surface area contributed by atoms with Crippen LogP contribution in [0.4, 0.5) is 4.39 Å². The zero-order chi connectivity index (χ0) is 17.4. The number of rotatable bonds is 5. The molecule has 24 heavy (non-hydrogen) atoms. The summed E-state index contributed by atoms with van der Waals surface area (Å²) in [6, 6.07) is 15.2. The molecule has 0 spiro atoms. The van der Waals surface area contributed by atoms with Gasteiger partial charge in [0.15, 0.2) is 5.76 Å². The molecule has 0 aliphatic carbocycles. The second-order valence-electron chi connectivity index (χ2n) is 4.91. The molecule has 0 aliphatic heterocycles. The number of ether oxygens (including phenoxy) is 1. The highest BCUT2D eigenvalue weighted by atomic mass is 19.1. The van der Waals surface area contributed by atoms with Crippen LogP contribution in [0.3, 0.4) is 0 Å². The molecule has 0 saturated carbocycles. The van der Waals surface area contributed by atoms with Crippen molar-refractivity contribution in [2.75, 3.05) is 6.61 Å². The molecule has 120 valence electrons. The highest BCUT2D eigenvalue weighted by Gasteiger charge is 2.13. The Hall–Kier alpha value is -3.12. The van der Waals surface area contributed by atoms with Crippen LogP contribution in [0.1, 0.15) is 18.1 Å². The summed E-state index contributed by atoms with van der Waals surface area (Å²) < 4.78 is 18.1. The standard InChI is InChI=1S/C21H17FO2/c1-3-24-16(2)21(23)19(15-18-7-5-4-6-8-18)12-9-17-10-13-20(22)14-11-17/h4-8,10-11,13-15H,2-3H2,1H3/b19-15+. The molecule has 2 aromatic rings. The molecule has 3 heteroatoms. The first-order valence-electron chi connectivity index (χ1n) is 7.51. The summed E-state index contributed by atoms with van der Waals surface area (Å²) in [7, 11) is 0. The lowest BCUT2D eigenvalue weighted by molar-refractivity contribution is -0.114. The van der Waals surface area contributed by atoms with Crippen LogP contribution in [-0.4, -0.2) is 12.4 Å². The minimum atomic E-state index is -0.365. The molecule has 0 atom stereocenters. The maximum Gasteiger partial charge on any atom is 0.235 e. The van der Waals surface area contributed by atoms with Crippen LogP contribution in [0.25, 0.3) is 6.08 Å². The van der Waals surface area contributed by atoms with E-state index < -0.39 is 0 Å². The Labute approximate surface area is 141 Å². The second kappa shape index (κ2) is 8.50.